The Balaban J connectivity index is 1.92. The van der Waals surface area contributed by atoms with Gasteiger partial charge in [0.25, 0.3) is 0 Å². The molecular weight excluding hydrogens is 194 g/mol. The van der Waals surface area contributed by atoms with Gasteiger partial charge in [0.05, 0.1) is 0 Å². The molecule has 0 spiro atoms. The van der Waals surface area contributed by atoms with E-state index in [0.29, 0.717) is 0 Å². The molecule has 0 aromatic heterocycles. The summed E-state index contributed by atoms with van der Waals surface area (Å²) in [5, 5.41) is 0. The lowest BCUT2D eigenvalue weighted by atomic mass is 10.1. The summed E-state index contributed by atoms with van der Waals surface area (Å²) < 4.78 is 0. The van der Waals surface area contributed by atoms with Crippen molar-refractivity contribution in [3.8, 4) is 11.8 Å². The zero-order chi connectivity index (χ0) is 11.1. The smallest absolute Gasteiger partial charge is 0.0234 e. The second-order valence-corrected chi connectivity index (χ2v) is 4.28. The number of hydrogen-bond acceptors (Lipinski definition) is 1. The van der Waals surface area contributed by atoms with Crippen molar-refractivity contribution in [1.29, 1.82) is 0 Å². The van der Waals surface area contributed by atoms with Gasteiger partial charge in [-0.25, -0.2) is 0 Å². The van der Waals surface area contributed by atoms with E-state index in [1.54, 1.807) is 0 Å². The van der Waals surface area contributed by atoms with E-state index in [2.05, 4.69) is 47.1 Å². The maximum Gasteiger partial charge on any atom is 0.0234 e. The molecule has 0 saturated carbocycles. The van der Waals surface area contributed by atoms with Gasteiger partial charge in [0.15, 0.2) is 0 Å². The number of hydrogen-bond donors (Lipinski definition) is 0. The van der Waals surface area contributed by atoms with Crippen molar-refractivity contribution in [3.63, 3.8) is 0 Å². The Labute approximate surface area is 98.5 Å². The molecule has 0 radical (unpaired) electrons. The summed E-state index contributed by atoms with van der Waals surface area (Å²) in [4.78, 5) is 2.48. The molecule has 1 aliphatic heterocycles. The van der Waals surface area contributed by atoms with Crippen LogP contribution in [0.15, 0.2) is 36.0 Å². The number of allylic oxidation sites excluding steroid dienone is 4. The SMILES string of the molecule is C1#CCCN(CC2=C/C=C\CC/C=C\2)CC1. The van der Waals surface area contributed by atoms with Crippen molar-refractivity contribution < 1.29 is 0 Å². The van der Waals surface area contributed by atoms with E-state index in [1.807, 2.05) is 0 Å². The molecule has 0 saturated heterocycles. The molecular formula is C15H19N. The third kappa shape index (κ3) is 3.72. The van der Waals surface area contributed by atoms with Gasteiger partial charge in [-0.15, -0.1) is 11.8 Å². The first-order valence-corrected chi connectivity index (χ1v) is 6.15. The van der Waals surface area contributed by atoms with E-state index in [-0.39, 0.29) is 0 Å². The Morgan fingerprint density at radius 2 is 1.81 bits per heavy atom. The monoisotopic (exact) mass is 213 g/mol. The predicted molar refractivity (Wildman–Crippen MR) is 69.0 cm³/mol. The van der Waals surface area contributed by atoms with Gasteiger partial charge in [0, 0.05) is 32.5 Å². The molecule has 0 N–H and O–H groups in total. The Morgan fingerprint density at radius 1 is 1.06 bits per heavy atom. The number of nitrogens with zero attached hydrogens (tertiary/aromatic N) is 1. The van der Waals surface area contributed by atoms with Gasteiger partial charge in [0.2, 0.25) is 0 Å². The fourth-order valence-electron chi connectivity index (χ4n) is 2.01. The van der Waals surface area contributed by atoms with Crippen molar-refractivity contribution in [2.24, 2.45) is 0 Å². The summed E-state index contributed by atoms with van der Waals surface area (Å²) in [5.41, 5.74) is 1.41. The van der Waals surface area contributed by atoms with Crippen molar-refractivity contribution >= 4 is 0 Å². The van der Waals surface area contributed by atoms with Crippen LogP contribution in [-0.2, 0) is 0 Å². The second kappa shape index (κ2) is 6.35. The van der Waals surface area contributed by atoms with Gasteiger partial charge in [-0.05, 0) is 18.4 Å². The summed E-state index contributed by atoms with van der Waals surface area (Å²) in [5.74, 6) is 6.39. The second-order valence-electron chi connectivity index (χ2n) is 4.28. The Kier molecular flexibility index (Phi) is 4.46. The third-order valence-corrected chi connectivity index (χ3v) is 2.92. The maximum absolute atomic E-state index is 3.19. The summed E-state index contributed by atoms with van der Waals surface area (Å²) in [6.45, 7) is 3.29. The molecule has 0 amide bonds. The first-order chi connectivity index (χ1) is 7.95. The van der Waals surface area contributed by atoms with Crippen molar-refractivity contribution in [3.05, 3.63) is 36.0 Å². The first-order valence-electron chi connectivity index (χ1n) is 6.15. The first kappa shape index (κ1) is 11.2. The van der Waals surface area contributed by atoms with Crippen LogP contribution >= 0.6 is 0 Å². The quantitative estimate of drug-likeness (QED) is 0.637. The lowest BCUT2D eigenvalue weighted by molar-refractivity contribution is 0.316. The summed E-state index contributed by atoms with van der Waals surface area (Å²) >= 11 is 0. The highest BCUT2D eigenvalue weighted by Crippen LogP contribution is 2.09. The highest BCUT2D eigenvalue weighted by Gasteiger charge is 2.06. The van der Waals surface area contributed by atoms with Crippen LogP contribution in [0.2, 0.25) is 0 Å². The van der Waals surface area contributed by atoms with Gasteiger partial charge in [-0.1, -0.05) is 30.4 Å². The minimum Gasteiger partial charge on any atom is -0.297 e. The van der Waals surface area contributed by atoms with Crippen molar-refractivity contribution in [1.82, 2.24) is 4.90 Å². The Morgan fingerprint density at radius 3 is 2.62 bits per heavy atom. The van der Waals surface area contributed by atoms with E-state index >= 15 is 0 Å². The molecule has 1 aliphatic carbocycles. The van der Waals surface area contributed by atoms with Crippen LogP contribution < -0.4 is 0 Å². The van der Waals surface area contributed by atoms with Crippen LogP contribution in [0.5, 0.6) is 0 Å². The average Bonchev–Trinajstić information content (AvgIpc) is 2.50. The largest absolute Gasteiger partial charge is 0.297 e. The average molecular weight is 213 g/mol. The molecule has 1 heterocycles. The van der Waals surface area contributed by atoms with Crippen LogP contribution in [0.1, 0.15) is 25.7 Å². The molecule has 0 fully saturated rings. The van der Waals surface area contributed by atoms with E-state index in [4.69, 9.17) is 0 Å². The van der Waals surface area contributed by atoms with Crippen molar-refractivity contribution in [2.45, 2.75) is 25.7 Å². The third-order valence-electron chi connectivity index (χ3n) is 2.92. The number of rotatable bonds is 2. The fraction of sp³-hybridized carbons (Fsp3) is 0.467. The minimum atomic E-state index is 1.02. The zero-order valence-electron chi connectivity index (χ0n) is 9.78. The lowest BCUT2D eigenvalue weighted by Crippen LogP contribution is -2.26. The van der Waals surface area contributed by atoms with Crippen LogP contribution in [0.3, 0.4) is 0 Å². The zero-order valence-corrected chi connectivity index (χ0v) is 9.78. The van der Waals surface area contributed by atoms with Crippen LogP contribution in [-0.4, -0.2) is 24.5 Å². The van der Waals surface area contributed by atoms with E-state index in [0.717, 1.165) is 45.3 Å². The molecule has 1 heteroatoms. The highest BCUT2D eigenvalue weighted by molar-refractivity contribution is 5.26. The molecule has 0 aromatic carbocycles. The fourth-order valence-corrected chi connectivity index (χ4v) is 2.01. The highest BCUT2D eigenvalue weighted by atomic mass is 15.1. The molecule has 0 aromatic rings. The van der Waals surface area contributed by atoms with Crippen LogP contribution in [0.25, 0.3) is 0 Å². The summed E-state index contributed by atoms with van der Waals surface area (Å²) in [7, 11) is 0. The molecule has 0 unspecified atom stereocenters. The topological polar surface area (TPSA) is 3.24 Å². The van der Waals surface area contributed by atoms with Gasteiger partial charge in [-0.2, -0.15) is 0 Å². The van der Waals surface area contributed by atoms with Gasteiger partial charge in [-0.3, -0.25) is 4.90 Å². The van der Waals surface area contributed by atoms with E-state index in [9.17, 15) is 0 Å². The van der Waals surface area contributed by atoms with Crippen molar-refractivity contribution in [2.75, 3.05) is 19.6 Å². The van der Waals surface area contributed by atoms with E-state index < -0.39 is 0 Å². The molecule has 84 valence electrons. The van der Waals surface area contributed by atoms with Gasteiger partial charge >= 0.3 is 0 Å². The molecule has 0 bridgehead atoms. The predicted octanol–water partition coefficient (Wildman–Crippen LogP) is 2.92. The molecule has 2 aliphatic rings. The molecule has 2 rings (SSSR count). The summed E-state index contributed by atoms with van der Waals surface area (Å²) in [6.07, 6.45) is 15.6. The maximum atomic E-state index is 3.19. The molecule has 0 atom stereocenters. The Hall–Kier alpha value is -1.26. The van der Waals surface area contributed by atoms with Crippen LogP contribution in [0, 0.1) is 11.8 Å². The molecule has 1 nitrogen and oxygen atoms in total. The Bertz CT molecular complexity index is 351. The van der Waals surface area contributed by atoms with Gasteiger partial charge < -0.3 is 0 Å². The van der Waals surface area contributed by atoms with Crippen LogP contribution in [0.4, 0.5) is 0 Å². The lowest BCUT2D eigenvalue weighted by Gasteiger charge is -2.20. The summed E-state index contributed by atoms with van der Waals surface area (Å²) in [6, 6.07) is 0. The minimum absolute atomic E-state index is 1.02. The van der Waals surface area contributed by atoms with Gasteiger partial charge in [0.1, 0.15) is 0 Å². The normalized spacial score (nSPS) is 28.6. The van der Waals surface area contributed by atoms with E-state index in [1.165, 1.54) is 5.57 Å². The molecule has 16 heavy (non-hydrogen) atoms. The standard InChI is InChI=1S/C15H19N/c1-2-6-10-15(11-7-3-1)14-16-12-8-4-5-9-13-16/h2,6-7,10-11H,1,3,8-9,12-14H2/b6-2-,11-7-,15-10+.